The number of hydrogen-bond acceptors (Lipinski definition) is 4. The molecule has 2 atom stereocenters. The van der Waals surface area contributed by atoms with E-state index < -0.39 is 5.92 Å². The van der Waals surface area contributed by atoms with Crippen molar-refractivity contribution in [3.8, 4) is 6.07 Å². The third kappa shape index (κ3) is 3.17. The van der Waals surface area contributed by atoms with Crippen molar-refractivity contribution in [3.05, 3.63) is 92.5 Å². The fraction of sp³-hybridized carbons (Fsp3) is 0.182. The van der Waals surface area contributed by atoms with Crippen molar-refractivity contribution in [1.29, 1.82) is 5.26 Å². The number of ether oxygens (including phenoxy) is 1. The molecule has 1 heterocycles. The first kappa shape index (κ1) is 18.6. The van der Waals surface area contributed by atoms with Gasteiger partial charge in [-0.15, -0.1) is 0 Å². The average molecular weight is 411 g/mol. The molecule has 2 aliphatic rings. The van der Waals surface area contributed by atoms with Crippen LogP contribution in [-0.4, -0.2) is 5.78 Å². The Morgan fingerprint density at radius 1 is 1.07 bits per heavy atom. The number of rotatable bonds is 2. The van der Waals surface area contributed by atoms with Gasteiger partial charge in [0.1, 0.15) is 17.4 Å². The second kappa shape index (κ2) is 7.35. The molecule has 1 aliphatic carbocycles. The number of nitriles is 1. The molecule has 2 aromatic carbocycles. The predicted molar refractivity (Wildman–Crippen MR) is 108 cm³/mol. The number of nitrogens with two attached hydrogens (primary N) is 1. The van der Waals surface area contributed by atoms with Gasteiger partial charge in [-0.3, -0.25) is 4.79 Å². The lowest BCUT2D eigenvalue weighted by Gasteiger charge is -2.34. The number of Topliss-reactive ketones (excluding diaryl/α,β-unsaturated/α-hetero) is 1. The standard InChI is InChI=1S/C22H16Cl2N2O2/c23-14-7-5-12(6-8-14)13-9-18(27)21-19(10-13)28-22(26)16(11-25)20(21)15-3-1-2-4-17(15)24/h1-8,13,20H,9-10,26H2. The predicted octanol–water partition coefficient (Wildman–Crippen LogP) is 5.20. The van der Waals surface area contributed by atoms with Crippen molar-refractivity contribution in [3.63, 3.8) is 0 Å². The van der Waals surface area contributed by atoms with Crippen LogP contribution in [0.1, 0.15) is 35.8 Å². The number of halogens is 2. The second-order valence-corrected chi connectivity index (χ2v) is 7.71. The summed E-state index contributed by atoms with van der Waals surface area (Å²) < 4.78 is 5.76. The van der Waals surface area contributed by atoms with Crippen LogP contribution in [0.5, 0.6) is 0 Å². The molecule has 4 rings (SSSR count). The minimum Gasteiger partial charge on any atom is -0.444 e. The summed E-state index contributed by atoms with van der Waals surface area (Å²) in [5, 5.41) is 10.8. The third-order valence-electron chi connectivity index (χ3n) is 5.22. The van der Waals surface area contributed by atoms with Gasteiger partial charge in [-0.1, -0.05) is 53.5 Å². The van der Waals surface area contributed by atoms with Crippen LogP contribution in [0.4, 0.5) is 0 Å². The highest BCUT2D eigenvalue weighted by Crippen LogP contribution is 2.47. The Bertz CT molecular complexity index is 1060. The first-order chi connectivity index (χ1) is 13.5. The Morgan fingerprint density at radius 3 is 2.46 bits per heavy atom. The molecule has 0 saturated heterocycles. The molecule has 0 bridgehead atoms. The van der Waals surface area contributed by atoms with Crippen molar-refractivity contribution in [1.82, 2.24) is 0 Å². The highest BCUT2D eigenvalue weighted by atomic mass is 35.5. The zero-order valence-electron chi connectivity index (χ0n) is 14.8. The van der Waals surface area contributed by atoms with Gasteiger partial charge in [0.25, 0.3) is 0 Å². The summed E-state index contributed by atoms with van der Waals surface area (Å²) in [6, 6.07) is 16.7. The van der Waals surface area contributed by atoms with Gasteiger partial charge in [-0.05, 0) is 35.2 Å². The van der Waals surface area contributed by atoms with Gasteiger partial charge in [0, 0.05) is 28.5 Å². The Kier molecular flexibility index (Phi) is 4.89. The summed E-state index contributed by atoms with van der Waals surface area (Å²) in [6.45, 7) is 0. The summed E-state index contributed by atoms with van der Waals surface area (Å²) in [5.74, 6) is -0.173. The Balaban J connectivity index is 1.80. The fourth-order valence-corrected chi connectivity index (χ4v) is 4.27. The van der Waals surface area contributed by atoms with Crippen LogP contribution < -0.4 is 5.73 Å². The van der Waals surface area contributed by atoms with Gasteiger partial charge in [-0.25, -0.2) is 0 Å². The van der Waals surface area contributed by atoms with Crippen LogP contribution in [0.25, 0.3) is 0 Å². The largest absolute Gasteiger partial charge is 0.444 e. The van der Waals surface area contributed by atoms with Crippen molar-refractivity contribution in [2.24, 2.45) is 5.73 Å². The molecule has 0 radical (unpaired) electrons. The number of hydrogen-bond donors (Lipinski definition) is 1. The normalized spacial score (nSPS) is 21.8. The topological polar surface area (TPSA) is 76.1 Å². The molecule has 1 aliphatic heterocycles. The summed E-state index contributed by atoms with van der Waals surface area (Å²) in [6.07, 6.45) is 0.840. The van der Waals surface area contributed by atoms with Gasteiger partial charge in [-0.2, -0.15) is 5.26 Å². The van der Waals surface area contributed by atoms with Crippen molar-refractivity contribution in [2.75, 3.05) is 0 Å². The average Bonchev–Trinajstić information content (AvgIpc) is 2.68. The molecule has 0 amide bonds. The number of carbonyl (C=O) groups excluding carboxylic acids is 1. The molecule has 140 valence electrons. The van der Waals surface area contributed by atoms with E-state index >= 15 is 0 Å². The van der Waals surface area contributed by atoms with E-state index in [0.29, 0.717) is 39.8 Å². The quantitative estimate of drug-likeness (QED) is 0.737. The van der Waals surface area contributed by atoms with Gasteiger partial charge >= 0.3 is 0 Å². The highest BCUT2D eigenvalue weighted by Gasteiger charge is 2.41. The Morgan fingerprint density at radius 2 is 1.79 bits per heavy atom. The van der Waals surface area contributed by atoms with E-state index in [4.69, 9.17) is 33.7 Å². The number of nitrogens with zero attached hydrogens (tertiary/aromatic N) is 1. The summed E-state index contributed by atoms with van der Waals surface area (Å²) in [5.41, 5.74) is 8.43. The lowest BCUT2D eigenvalue weighted by Crippen LogP contribution is -2.30. The molecule has 6 heteroatoms. The van der Waals surface area contributed by atoms with Gasteiger partial charge in [0.05, 0.1) is 5.92 Å². The first-order valence-corrected chi connectivity index (χ1v) is 9.59. The fourth-order valence-electron chi connectivity index (χ4n) is 3.90. The van der Waals surface area contributed by atoms with E-state index in [1.54, 1.807) is 12.1 Å². The highest BCUT2D eigenvalue weighted by molar-refractivity contribution is 6.31. The first-order valence-electron chi connectivity index (χ1n) is 8.83. The lowest BCUT2D eigenvalue weighted by molar-refractivity contribution is -0.117. The maximum absolute atomic E-state index is 13.2. The van der Waals surface area contributed by atoms with Crippen LogP contribution >= 0.6 is 23.2 Å². The molecule has 4 nitrogen and oxygen atoms in total. The number of ketones is 1. The van der Waals surface area contributed by atoms with E-state index in [1.165, 1.54) is 0 Å². The molecule has 0 aromatic heterocycles. The Hall–Kier alpha value is -2.74. The third-order valence-corrected chi connectivity index (χ3v) is 5.81. The van der Waals surface area contributed by atoms with E-state index in [9.17, 15) is 10.1 Å². The number of benzene rings is 2. The summed E-state index contributed by atoms with van der Waals surface area (Å²) in [7, 11) is 0. The van der Waals surface area contributed by atoms with Crippen molar-refractivity contribution in [2.45, 2.75) is 24.7 Å². The maximum atomic E-state index is 13.2. The monoisotopic (exact) mass is 410 g/mol. The van der Waals surface area contributed by atoms with E-state index in [2.05, 4.69) is 6.07 Å². The second-order valence-electron chi connectivity index (χ2n) is 6.86. The number of carbonyl (C=O) groups is 1. The van der Waals surface area contributed by atoms with E-state index in [0.717, 1.165) is 5.56 Å². The van der Waals surface area contributed by atoms with E-state index in [-0.39, 0.29) is 23.2 Å². The molecule has 0 fully saturated rings. The molecular weight excluding hydrogens is 395 g/mol. The zero-order valence-corrected chi connectivity index (χ0v) is 16.3. The minimum atomic E-state index is -0.610. The van der Waals surface area contributed by atoms with Crippen LogP contribution in [0.2, 0.25) is 10.0 Å². The number of allylic oxidation sites excluding steroid dienone is 3. The molecule has 2 unspecified atom stereocenters. The molecule has 0 saturated carbocycles. The van der Waals surface area contributed by atoms with Gasteiger partial charge < -0.3 is 10.5 Å². The summed E-state index contributed by atoms with van der Waals surface area (Å²) >= 11 is 12.4. The van der Waals surface area contributed by atoms with Gasteiger partial charge in [0.15, 0.2) is 5.78 Å². The van der Waals surface area contributed by atoms with Crippen molar-refractivity contribution < 1.29 is 9.53 Å². The smallest absolute Gasteiger partial charge is 0.205 e. The van der Waals surface area contributed by atoms with E-state index in [1.807, 2.05) is 36.4 Å². The molecule has 2 aromatic rings. The maximum Gasteiger partial charge on any atom is 0.205 e. The van der Waals surface area contributed by atoms with Crippen LogP contribution in [0, 0.1) is 11.3 Å². The molecular formula is C22H16Cl2N2O2. The molecule has 28 heavy (non-hydrogen) atoms. The molecule has 2 N–H and O–H groups in total. The zero-order chi connectivity index (χ0) is 19.8. The van der Waals surface area contributed by atoms with Crippen LogP contribution in [0.15, 0.2) is 71.3 Å². The molecule has 0 spiro atoms. The SMILES string of the molecule is N#CC1=C(N)OC2=C(C(=O)CC(c3ccc(Cl)cc3)C2)C1c1ccccc1Cl. The van der Waals surface area contributed by atoms with Crippen LogP contribution in [-0.2, 0) is 9.53 Å². The van der Waals surface area contributed by atoms with Crippen molar-refractivity contribution >= 4 is 29.0 Å². The van der Waals surface area contributed by atoms with Crippen LogP contribution in [0.3, 0.4) is 0 Å². The van der Waals surface area contributed by atoms with Gasteiger partial charge in [0.2, 0.25) is 5.88 Å². The lowest BCUT2D eigenvalue weighted by atomic mass is 9.73. The Labute approximate surface area is 172 Å². The minimum absolute atomic E-state index is 0.0238. The summed E-state index contributed by atoms with van der Waals surface area (Å²) in [4.78, 5) is 13.2.